The number of aliphatic hydroxyl groups is 1. The summed E-state index contributed by atoms with van der Waals surface area (Å²) in [6, 6.07) is 4.06. The molecule has 0 aliphatic heterocycles. The number of carbonyl (C=O) groups is 1. The number of methoxy groups -OCH3 is 1. The third kappa shape index (κ3) is 3.44. The highest BCUT2D eigenvalue weighted by Crippen LogP contribution is 2.19. The Bertz CT molecular complexity index is 436. The number of halogens is 1. The molecule has 1 amide bonds. The Morgan fingerprint density at radius 1 is 1.42 bits per heavy atom. The van der Waals surface area contributed by atoms with E-state index in [2.05, 4.69) is 5.32 Å². The minimum absolute atomic E-state index is 0.0551. The molecule has 0 aliphatic carbocycles. The summed E-state index contributed by atoms with van der Waals surface area (Å²) in [5.74, 6) is -0.817. The van der Waals surface area contributed by atoms with Crippen molar-refractivity contribution in [2.45, 2.75) is 32.2 Å². The molecule has 0 aliphatic rings. The Labute approximate surface area is 112 Å². The highest BCUT2D eigenvalue weighted by molar-refractivity contribution is 5.95. The van der Waals surface area contributed by atoms with Crippen molar-refractivity contribution in [3.05, 3.63) is 29.6 Å². The van der Waals surface area contributed by atoms with Crippen molar-refractivity contribution >= 4 is 5.91 Å². The van der Waals surface area contributed by atoms with Crippen LogP contribution >= 0.6 is 0 Å². The molecule has 0 heterocycles. The van der Waals surface area contributed by atoms with E-state index in [1.54, 1.807) is 0 Å². The molecule has 0 saturated carbocycles. The van der Waals surface area contributed by atoms with Crippen molar-refractivity contribution in [2.75, 3.05) is 13.7 Å². The number of aliphatic hydroxyl groups excluding tert-OH is 1. The van der Waals surface area contributed by atoms with E-state index in [9.17, 15) is 14.3 Å². The van der Waals surface area contributed by atoms with Gasteiger partial charge in [0.25, 0.3) is 5.91 Å². The van der Waals surface area contributed by atoms with Gasteiger partial charge in [-0.1, -0.05) is 13.8 Å². The lowest BCUT2D eigenvalue weighted by atomic mass is 9.93. The third-order valence-electron chi connectivity index (χ3n) is 3.46. The van der Waals surface area contributed by atoms with Gasteiger partial charge in [0.15, 0.2) is 0 Å². The zero-order valence-electron chi connectivity index (χ0n) is 11.5. The van der Waals surface area contributed by atoms with Gasteiger partial charge in [0.2, 0.25) is 0 Å². The predicted octanol–water partition coefficient (Wildman–Crippen LogP) is 2.12. The van der Waals surface area contributed by atoms with E-state index in [-0.39, 0.29) is 12.2 Å². The second-order valence-corrected chi connectivity index (χ2v) is 4.45. The summed E-state index contributed by atoms with van der Waals surface area (Å²) in [5.41, 5.74) is -0.760. The first-order valence-electron chi connectivity index (χ1n) is 6.28. The van der Waals surface area contributed by atoms with Crippen LogP contribution in [0.25, 0.3) is 0 Å². The topological polar surface area (TPSA) is 58.6 Å². The fourth-order valence-corrected chi connectivity index (χ4v) is 1.81. The van der Waals surface area contributed by atoms with Crippen LogP contribution in [0.5, 0.6) is 5.75 Å². The number of rotatable bonds is 6. The van der Waals surface area contributed by atoms with Gasteiger partial charge in [0.1, 0.15) is 11.6 Å². The monoisotopic (exact) mass is 269 g/mol. The average molecular weight is 269 g/mol. The van der Waals surface area contributed by atoms with Crippen LogP contribution in [0.15, 0.2) is 18.2 Å². The lowest BCUT2D eigenvalue weighted by Crippen LogP contribution is -2.50. The average Bonchev–Trinajstić information content (AvgIpc) is 2.44. The molecule has 0 fully saturated rings. The molecule has 1 rings (SSSR count). The standard InChI is InChI=1S/C14H20FNO3/c1-4-14(5-2,9-17)16-13(18)11-7-6-10(19-3)8-12(11)15/h6-8,17H,4-5,9H2,1-3H3,(H,16,18). The molecule has 0 bridgehead atoms. The Balaban J connectivity index is 2.95. The van der Waals surface area contributed by atoms with Crippen molar-refractivity contribution in [3.8, 4) is 5.75 Å². The van der Waals surface area contributed by atoms with E-state index in [1.165, 1.54) is 19.2 Å². The number of nitrogens with one attached hydrogen (secondary N) is 1. The summed E-state index contributed by atoms with van der Waals surface area (Å²) in [5, 5.41) is 12.1. The maximum Gasteiger partial charge on any atom is 0.254 e. The highest BCUT2D eigenvalue weighted by Gasteiger charge is 2.28. The first kappa shape index (κ1) is 15.4. The first-order chi connectivity index (χ1) is 9.01. The first-order valence-corrected chi connectivity index (χ1v) is 6.28. The van der Waals surface area contributed by atoms with E-state index in [0.717, 1.165) is 6.07 Å². The molecule has 2 N–H and O–H groups in total. The van der Waals surface area contributed by atoms with Gasteiger partial charge in [-0.15, -0.1) is 0 Å². The molecule has 106 valence electrons. The van der Waals surface area contributed by atoms with Gasteiger partial charge in [-0.05, 0) is 25.0 Å². The SMILES string of the molecule is CCC(CC)(CO)NC(=O)c1ccc(OC)cc1F. The van der Waals surface area contributed by atoms with Crippen molar-refractivity contribution < 1.29 is 19.0 Å². The van der Waals surface area contributed by atoms with Crippen molar-refractivity contribution in [3.63, 3.8) is 0 Å². The van der Waals surface area contributed by atoms with E-state index in [4.69, 9.17) is 4.74 Å². The van der Waals surface area contributed by atoms with Crippen LogP contribution in [0.4, 0.5) is 4.39 Å². The van der Waals surface area contributed by atoms with E-state index in [1.807, 2.05) is 13.8 Å². The molecular weight excluding hydrogens is 249 g/mol. The second-order valence-electron chi connectivity index (χ2n) is 4.45. The minimum atomic E-state index is -0.705. The van der Waals surface area contributed by atoms with Crippen LogP contribution in [0.1, 0.15) is 37.0 Å². The summed E-state index contributed by atoms with van der Waals surface area (Å²) in [7, 11) is 1.43. The van der Waals surface area contributed by atoms with Crippen molar-refractivity contribution in [1.82, 2.24) is 5.32 Å². The number of amides is 1. The molecule has 0 radical (unpaired) electrons. The molecule has 0 spiro atoms. The number of ether oxygens (including phenoxy) is 1. The molecule has 0 aromatic heterocycles. The van der Waals surface area contributed by atoms with E-state index in [0.29, 0.717) is 18.6 Å². The Kier molecular flexibility index (Phi) is 5.30. The summed E-state index contributed by atoms with van der Waals surface area (Å²) in [6.07, 6.45) is 1.15. The minimum Gasteiger partial charge on any atom is -0.497 e. The predicted molar refractivity (Wildman–Crippen MR) is 70.8 cm³/mol. The van der Waals surface area contributed by atoms with Gasteiger partial charge >= 0.3 is 0 Å². The van der Waals surface area contributed by atoms with Gasteiger partial charge in [-0.3, -0.25) is 4.79 Å². The summed E-state index contributed by atoms with van der Waals surface area (Å²) in [4.78, 5) is 12.1. The zero-order valence-corrected chi connectivity index (χ0v) is 11.5. The maximum atomic E-state index is 13.8. The Morgan fingerprint density at radius 3 is 2.47 bits per heavy atom. The molecule has 0 atom stereocenters. The number of hydrogen-bond acceptors (Lipinski definition) is 3. The highest BCUT2D eigenvalue weighted by atomic mass is 19.1. The number of hydrogen-bond donors (Lipinski definition) is 2. The molecule has 1 aromatic rings. The lowest BCUT2D eigenvalue weighted by Gasteiger charge is -2.30. The summed E-state index contributed by atoms with van der Waals surface area (Å²) < 4.78 is 18.7. The van der Waals surface area contributed by atoms with Crippen molar-refractivity contribution in [1.29, 1.82) is 0 Å². The molecule has 19 heavy (non-hydrogen) atoms. The fourth-order valence-electron chi connectivity index (χ4n) is 1.81. The summed E-state index contributed by atoms with van der Waals surface area (Å²) in [6.45, 7) is 3.55. The normalized spacial score (nSPS) is 11.2. The van der Waals surface area contributed by atoms with Crippen LogP contribution in [-0.4, -0.2) is 30.3 Å². The largest absolute Gasteiger partial charge is 0.497 e. The van der Waals surface area contributed by atoms with E-state index < -0.39 is 17.3 Å². The van der Waals surface area contributed by atoms with Gasteiger partial charge in [0, 0.05) is 6.07 Å². The lowest BCUT2D eigenvalue weighted by molar-refractivity contribution is 0.0814. The number of carbonyl (C=O) groups excluding carboxylic acids is 1. The summed E-state index contributed by atoms with van der Waals surface area (Å²) >= 11 is 0. The van der Waals surface area contributed by atoms with Gasteiger partial charge in [-0.2, -0.15) is 0 Å². The third-order valence-corrected chi connectivity index (χ3v) is 3.46. The van der Waals surface area contributed by atoms with E-state index >= 15 is 0 Å². The molecule has 0 unspecified atom stereocenters. The van der Waals surface area contributed by atoms with Crippen LogP contribution in [0, 0.1) is 5.82 Å². The second kappa shape index (κ2) is 6.52. The van der Waals surface area contributed by atoms with Gasteiger partial charge in [-0.25, -0.2) is 4.39 Å². The van der Waals surface area contributed by atoms with Crippen LogP contribution in [-0.2, 0) is 0 Å². The van der Waals surface area contributed by atoms with Crippen molar-refractivity contribution in [2.24, 2.45) is 0 Å². The maximum absolute atomic E-state index is 13.8. The van der Waals surface area contributed by atoms with Gasteiger partial charge < -0.3 is 15.2 Å². The van der Waals surface area contributed by atoms with Crippen LogP contribution < -0.4 is 10.1 Å². The Morgan fingerprint density at radius 2 is 2.05 bits per heavy atom. The molecule has 1 aromatic carbocycles. The molecule has 4 nitrogen and oxygen atoms in total. The smallest absolute Gasteiger partial charge is 0.254 e. The molecule has 5 heteroatoms. The fraction of sp³-hybridized carbons (Fsp3) is 0.500. The Hall–Kier alpha value is -1.62. The van der Waals surface area contributed by atoms with Crippen LogP contribution in [0.3, 0.4) is 0 Å². The molecule has 0 saturated heterocycles. The van der Waals surface area contributed by atoms with Crippen LogP contribution in [0.2, 0.25) is 0 Å². The molecular formula is C14H20FNO3. The number of benzene rings is 1. The van der Waals surface area contributed by atoms with Gasteiger partial charge in [0.05, 0.1) is 24.8 Å². The quantitative estimate of drug-likeness (QED) is 0.831. The zero-order chi connectivity index (χ0) is 14.5.